The molecule has 0 saturated heterocycles. The first-order chi connectivity index (χ1) is 7.60. The Bertz CT molecular complexity index is 352. The zero-order chi connectivity index (χ0) is 12.1. The topological polar surface area (TPSA) is 49.7 Å². The molecule has 3 nitrogen and oxygen atoms in total. The van der Waals surface area contributed by atoms with E-state index in [-0.39, 0.29) is 6.61 Å². The van der Waals surface area contributed by atoms with Gasteiger partial charge in [-0.1, -0.05) is 11.6 Å². The van der Waals surface area contributed by atoms with Crippen molar-refractivity contribution in [2.75, 3.05) is 13.7 Å². The lowest BCUT2D eigenvalue weighted by molar-refractivity contribution is 0.148. The van der Waals surface area contributed by atoms with Gasteiger partial charge in [0, 0.05) is 17.2 Å². The van der Waals surface area contributed by atoms with Gasteiger partial charge in [-0.15, -0.1) is 0 Å². The molecule has 0 heterocycles. The highest BCUT2D eigenvalue weighted by Crippen LogP contribution is 2.33. The number of rotatable bonds is 5. The molecule has 1 aromatic carbocycles. The van der Waals surface area contributed by atoms with Crippen molar-refractivity contribution in [3.8, 4) is 5.75 Å². The van der Waals surface area contributed by atoms with E-state index in [1.807, 2.05) is 6.92 Å². The largest absolute Gasteiger partial charge is 0.496 e. The maximum Gasteiger partial charge on any atom is 0.127 e. The third-order valence-corrected chi connectivity index (χ3v) is 2.69. The minimum absolute atomic E-state index is 0.0684. The van der Waals surface area contributed by atoms with E-state index in [1.165, 1.54) is 0 Å². The maximum absolute atomic E-state index is 9.96. The Kier molecular flexibility index (Phi) is 5.06. The summed E-state index contributed by atoms with van der Waals surface area (Å²) in [6, 6.07) is 3.50. The van der Waals surface area contributed by atoms with Gasteiger partial charge in [-0.25, -0.2) is 0 Å². The molecule has 0 radical (unpaired) electrons. The molecule has 0 saturated carbocycles. The molecule has 1 aromatic rings. The van der Waals surface area contributed by atoms with Crippen molar-refractivity contribution in [3.05, 3.63) is 28.3 Å². The predicted molar refractivity (Wildman–Crippen MR) is 64.0 cm³/mol. The molecule has 0 aliphatic carbocycles. The molecule has 4 heteroatoms. The molecule has 1 unspecified atom stereocenters. The molecule has 0 amide bonds. The van der Waals surface area contributed by atoms with Gasteiger partial charge in [0.05, 0.1) is 13.2 Å². The van der Waals surface area contributed by atoms with Gasteiger partial charge in [-0.3, -0.25) is 0 Å². The van der Waals surface area contributed by atoms with Crippen LogP contribution in [-0.4, -0.2) is 23.9 Å². The van der Waals surface area contributed by atoms with Crippen molar-refractivity contribution >= 4 is 11.6 Å². The summed E-state index contributed by atoms with van der Waals surface area (Å²) in [5.41, 5.74) is 1.58. The Morgan fingerprint density at radius 2 is 2.12 bits per heavy atom. The van der Waals surface area contributed by atoms with Gasteiger partial charge in [0.15, 0.2) is 0 Å². The second-order valence-electron chi connectivity index (χ2n) is 3.73. The standard InChI is InChI=1S/C12H17ClO3/c1-8-6-9(13)7-10(12(8)16-2)11(15)4-3-5-14/h6-7,11,14-15H,3-5H2,1-2H3. The van der Waals surface area contributed by atoms with Crippen molar-refractivity contribution in [1.82, 2.24) is 0 Å². The highest BCUT2D eigenvalue weighted by atomic mass is 35.5. The van der Waals surface area contributed by atoms with E-state index in [4.69, 9.17) is 21.4 Å². The van der Waals surface area contributed by atoms with Gasteiger partial charge in [-0.05, 0) is 37.5 Å². The SMILES string of the molecule is COc1c(C)cc(Cl)cc1C(O)CCCO. The minimum Gasteiger partial charge on any atom is -0.496 e. The Morgan fingerprint density at radius 3 is 2.69 bits per heavy atom. The Hall–Kier alpha value is -0.770. The molecular weight excluding hydrogens is 228 g/mol. The number of aliphatic hydroxyl groups is 2. The lowest BCUT2D eigenvalue weighted by atomic mass is 10.0. The lowest BCUT2D eigenvalue weighted by Gasteiger charge is -2.16. The molecule has 0 fully saturated rings. The van der Waals surface area contributed by atoms with Crippen molar-refractivity contribution in [1.29, 1.82) is 0 Å². The van der Waals surface area contributed by atoms with Gasteiger partial charge in [-0.2, -0.15) is 0 Å². The van der Waals surface area contributed by atoms with Crippen LogP contribution in [0.3, 0.4) is 0 Å². The molecular formula is C12H17ClO3. The molecule has 0 aromatic heterocycles. The monoisotopic (exact) mass is 244 g/mol. The average molecular weight is 245 g/mol. The number of aliphatic hydroxyl groups excluding tert-OH is 2. The molecule has 0 aliphatic rings. The highest BCUT2D eigenvalue weighted by molar-refractivity contribution is 6.30. The van der Waals surface area contributed by atoms with E-state index in [1.54, 1.807) is 19.2 Å². The number of aryl methyl sites for hydroxylation is 1. The fraction of sp³-hybridized carbons (Fsp3) is 0.500. The fourth-order valence-corrected chi connectivity index (χ4v) is 2.00. The molecule has 0 bridgehead atoms. The van der Waals surface area contributed by atoms with Crippen LogP contribution < -0.4 is 4.74 Å². The van der Waals surface area contributed by atoms with Crippen molar-refractivity contribution in [2.45, 2.75) is 25.9 Å². The Balaban J connectivity index is 3.00. The molecule has 2 N–H and O–H groups in total. The smallest absolute Gasteiger partial charge is 0.127 e. The third kappa shape index (κ3) is 3.11. The van der Waals surface area contributed by atoms with E-state index in [2.05, 4.69) is 0 Å². The van der Waals surface area contributed by atoms with Crippen molar-refractivity contribution < 1.29 is 14.9 Å². The van der Waals surface area contributed by atoms with Crippen LogP contribution in [0.5, 0.6) is 5.75 Å². The second kappa shape index (κ2) is 6.09. The zero-order valence-electron chi connectivity index (χ0n) is 9.53. The molecule has 90 valence electrons. The van der Waals surface area contributed by atoms with Gasteiger partial charge in [0.25, 0.3) is 0 Å². The molecule has 16 heavy (non-hydrogen) atoms. The van der Waals surface area contributed by atoms with Crippen molar-refractivity contribution in [3.63, 3.8) is 0 Å². The predicted octanol–water partition coefficient (Wildman–Crippen LogP) is 2.46. The van der Waals surface area contributed by atoms with Gasteiger partial charge in [0.2, 0.25) is 0 Å². The highest BCUT2D eigenvalue weighted by Gasteiger charge is 2.15. The summed E-state index contributed by atoms with van der Waals surface area (Å²) in [6.07, 6.45) is 0.391. The summed E-state index contributed by atoms with van der Waals surface area (Å²) < 4.78 is 5.25. The number of hydrogen-bond donors (Lipinski definition) is 2. The summed E-state index contributed by atoms with van der Waals surface area (Å²) in [7, 11) is 1.57. The fourth-order valence-electron chi connectivity index (χ4n) is 1.72. The number of halogens is 1. The minimum atomic E-state index is -0.653. The summed E-state index contributed by atoms with van der Waals surface area (Å²) >= 11 is 5.94. The molecule has 0 aliphatic heterocycles. The van der Waals surface area contributed by atoms with E-state index >= 15 is 0 Å². The second-order valence-corrected chi connectivity index (χ2v) is 4.16. The van der Waals surface area contributed by atoms with Gasteiger partial charge >= 0.3 is 0 Å². The number of ether oxygens (including phenoxy) is 1. The lowest BCUT2D eigenvalue weighted by Crippen LogP contribution is -2.03. The van der Waals surface area contributed by atoms with Crippen LogP contribution in [-0.2, 0) is 0 Å². The molecule has 0 spiro atoms. The molecule has 1 atom stereocenters. The normalized spacial score (nSPS) is 12.6. The van der Waals surface area contributed by atoms with Crippen LogP contribution in [0.1, 0.15) is 30.1 Å². The summed E-state index contributed by atoms with van der Waals surface area (Å²) in [5.74, 6) is 0.662. The van der Waals surface area contributed by atoms with E-state index in [9.17, 15) is 5.11 Å². The van der Waals surface area contributed by atoms with E-state index in [0.717, 1.165) is 5.56 Å². The first-order valence-electron chi connectivity index (χ1n) is 5.23. The summed E-state index contributed by atoms with van der Waals surface area (Å²) in [5, 5.41) is 19.3. The summed E-state index contributed by atoms with van der Waals surface area (Å²) in [6.45, 7) is 1.95. The Morgan fingerprint density at radius 1 is 1.44 bits per heavy atom. The van der Waals surface area contributed by atoms with Crippen LogP contribution in [0, 0.1) is 6.92 Å². The number of methoxy groups -OCH3 is 1. The third-order valence-electron chi connectivity index (χ3n) is 2.47. The van der Waals surface area contributed by atoms with Crippen LogP contribution >= 0.6 is 11.6 Å². The Labute approximate surface area is 101 Å². The zero-order valence-corrected chi connectivity index (χ0v) is 10.3. The van der Waals surface area contributed by atoms with Crippen molar-refractivity contribution in [2.24, 2.45) is 0 Å². The summed E-state index contributed by atoms with van der Waals surface area (Å²) in [4.78, 5) is 0. The van der Waals surface area contributed by atoms with E-state index < -0.39 is 6.10 Å². The number of hydrogen-bond acceptors (Lipinski definition) is 3. The average Bonchev–Trinajstić information content (AvgIpc) is 2.24. The first-order valence-corrected chi connectivity index (χ1v) is 5.61. The van der Waals surface area contributed by atoms with Crippen LogP contribution in [0.4, 0.5) is 0 Å². The number of benzene rings is 1. The van der Waals surface area contributed by atoms with E-state index in [0.29, 0.717) is 29.2 Å². The first kappa shape index (κ1) is 13.3. The van der Waals surface area contributed by atoms with Gasteiger partial charge in [0.1, 0.15) is 5.75 Å². The molecule has 1 rings (SSSR count). The quantitative estimate of drug-likeness (QED) is 0.837. The van der Waals surface area contributed by atoms with Crippen LogP contribution in [0.15, 0.2) is 12.1 Å². The van der Waals surface area contributed by atoms with Gasteiger partial charge < -0.3 is 14.9 Å². The van der Waals surface area contributed by atoms with Crippen LogP contribution in [0.2, 0.25) is 5.02 Å². The van der Waals surface area contributed by atoms with Crippen LogP contribution in [0.25, 0.3) is 0 Å². The maximum atomic E-state index is 9.96.